The van der Waals surface area contributed by atoms with E-state index in [2.05, 4.69) is 32.9 Å². The van der Waals surface area contributed by atoms with Crippen LogP contribution in [-0.4, -0.2) is 113 Å². The molecule has 4 atom stereocenters. The van der Waals surface area contributed by atoms with Crippen molar-refractivity contribution in [1.29, 1.82) is 0 Å². The van der Waals surface area contributed by atoms with E-state index in [-0.39, 0.29) is 23.6 Å². The van der Waals surface area contributed by atoms with Gasteiger partial charge in [0, 0.05) is 47.6 Å². The number of likely N-dealkylation sites (tertiary alicyclic amines) is 1. The van der Waals surface area contributed by atoms with E-state index in [1.54, 1.807) is 13.0 Å². The number of imide groups is 1. The molecule has 4 aliphatic rings. The molecule has 3 fully saturated rings. The van der Waals surface area contributed by atoms with Crippen LogP contribution in [0.2, 0.25) is 0 Å². The number of rotatable bonds is 15. The smallest absolute Gasteiger partial charge is 0.490 e. The molecule has 1 aromatic carbocycles. The number of hydrogen-bond donors (Lipinski definition) is 5. The number of aromatic nitrogens is 1. The number of nitrogens with zero attached hydrogens (tertiary/aromatic N) is 2. The highest BCUT2D eigenvalue weighted by atomic mass is 19.4. The molecule has 14 nitrogen and oxygen atoms in total. The number of hydrogen-bond acceptors (Lipinski definition) is 8. The van der Waals surface area contributed by atoms with Crippen molar-refractivity contribution >= 4 is 46.4 Å². The number of ether oxygens (including phenoxy) is 1. The molecule has 0 unspecified atom stereocenters. The Balaban J connectivity index is 0.000000985. The fourth-order valence-corrected chi connectivity index (χ4v) is 9.21. The van der Waals surface area contributed by atoms with Gasteiger partial charge in [-0.1, -0.05) is 88.5 Å². The number of aliphatic carboxylic acids is 1. The van der Waals surface area contributed by atoms with Crippen LogP contribution in [0.25, 0.3) is 10.9 Å². The fraction of sp³-hybridized carbons (Fsp3) is 0.609. The number of H-pyrrole nitrogens is 1. The first kappa shape index (κ1) is 48.8. The summed E-state index contributed by atoms with van der Waals surface area (Å²) in [4.78, 5) is 84.0. The molecule has 2 aromatic rings. The molecule has 63 heavy (non-hydrogen) atoms. The highest BCUT2D eigenvalue weighted by molar-refractivity contribution is 6.08. The maximum atomic E-state index is 14.2. The first-order valence-corrected chi connectivity index (χ1v) is 22.3. The Labute approximate surface area is 366 Å². The van der Waals surface area contributed by atoms with Crippen LogP contribution in [0.5, 0.6) is 0 Å². The van der Waals surface area contributed by atoms with Crippen molar-refractivity contribution in [3.05, 3.63) is 60.0 Å². The van der Waals surface area contributed by atoms with Crippen LogP contribution in [0.4, 0.5) is 13.2 Å². The predicted octanol–water partition coefficient (Wildman–Crippen LogP) is 5.92. The van der Waals surface area contributed by atoms with Crippen LogP contribution < -0.4 is 16.0 Å². The van der Waals surface area contributed by atoms with Crippen molar-refractivity contribution in [2.24, 2.45) is 17.8 Å². The molecule has 1 saturated heterocycles. The number of carbonyl (C=O) groups is 6. The molecule has 17 heteroatoms. The summed E-state index contributed by atoms with van der Waals surface area (Å²) in [5, 5.41) is 17.4. The largest absolute Gasteiger partial charge is 0.499 e. The lowest BCUT2D eigenvalue weighted by atomic mass is 9.83. The Kier molecular flexibility index (Phi) is 17.8. The average Bonchev–Trinajstić information content (AvgIpc) is 3.82. The lowest BCUT2D eigenvalue weighted by Gasteiger charge is -2.32. The van der Waals surface area contributed by atoms with Crippen molar-refractivity contribution in [3.8, 4) is 0 Å². The Hall–Kier alpha value is -5.19. The van der Waals surface area contributed by atoms with Gasteiger partial charge in [0.1, 0.15) is 23.9 Å². The molecule has 5 N–H and O–H groups in total. The first-order valence-electron chi connectivity index (χ1n) is 22.3. The monoisotopic (exact) mass is 884 g/mol. The summed E-state index contributed by atoms with van der Waals surface area (Å²) in [6.45, 7) is 3.47. The number of fused-ring (bicyclic) bond motifs is 1. The molecular weight excluding hydrogens is 822 g/mol. The van der Waals surface area contributed by atoms with Gasteiger partial charge in [0.15, 0.2) is 0 Å². The number of carboxylic acids is 1. The lowest BCUT2D eigenvalue weighted by Crippen LogP contribution is -2.56. The molecule has 5 amide bonds. The standard InChI is InChI=1S/C44H62N6O6.C2HF3O2/c1-29(18-19-40(51)50-38(39(56-3)27-41(50)52)26-33-28-45-35-17-11-10-16-34(33)35)46-43(54)36(24-30-12-6-4-7-13-30)48-44(55)37(25-31-14-8-5-9-15-31)47-42(53)32-20-22-49(2)23-21-32;3-2(4,5)1(6)7/h10-11,16-19,27-32,36-38,45H,4-9,12-15,20-26H2,1-3H3,(H,46,54)(H,47,53)(H,48,55);(H,6,7)/b19-18+;/t29-,36-,37-,38-;/m0./s1. The summed E-state index contributed by atoms with van der Waals surface area (Å²) in [5.74, 6) is -3.49. The van der Waals surface area contributed by atoms with E-state index in [1.165, 1.54) is 37.0 Å². The topological polar surface area (TPSA) is 190 Å². The molecular formula is C46H63F3N6O8. The first-order chi connectivity index (χ1) is 30.0. The van der Waals surface area contributed by atoms with Crippen molar-refractivity contribution in [3.63, 3.8) is 0 Å². The summed E-state index contributed by atoms with van der Waals surface area (Å²) < 4.78 is 37.3. The van der Waals surface area contributed by atoms with Gasteiger partial charge in [-0.2, -0.15) is 13.2 Å². The maximum Gasteiger partial charge on any atom is 0.490 e. The van der Waals surface area contributed by atoms with E-state index in [1.807, 2.05) is 30.5 Å². The van der Waals surface area contributed by atoms with Gasteiger partial charge in [-0.05, 0) is 76.2 Å². The van der Waals surface area contributed by atoms with Crippen molar-refractivity contribution in [2.75, 3.05) is 27.2 Å². The quantitative estimate of drug-likeness (QED) is 0.135. The van der Waals surface area contributed by atoms with Crippen LogP contribution in [0.1, 0.15) is 102 Å². The summed E-state index contributed by atoms with van der Waals surface area (Å²) in [6, 6.07) is 5.18. The number of carbonyl (C=O) groups excluding carboxylic acids is 5. The number of amides is 5. The van der Waals surface area contributed by atoms with E-state index in [0.29, 0.717) is 36.9 Å². The molecule has 3 heterocycles. The third kappa shape index (κ3) is 14.2. The van der Waals surface area contributed by atoms with Crippen LogP contribution in [0, 0.1) is 17.8 Å². The number of aromatic amines is 1. The Morgan fingerprint density at radius 2 is 1.43 bits per heavy atom. The van der Waals surface area contributed by atoms with E-state index in [9.17, 15) is 37.1 Å². The number of benzene rings is 1. The number of para-hydroxylation sites is 1. The number of alkyl halides is 3. The van der Waals surface area contributed by atoms with E-state index in [0.717, 1.165) is 93.8 Å². The molecule has 0 spiro atoms. The summed E-state index contributed by atoms with van der Waals surface area (Å²) in [5.41, 5.74) is 1.92. The number of methoxy groups -OCH3 is 1. The second-order valence-corrected chi connectivity index (χ2v) is 17.5. The Bertz CT molecular complexity index is 1960. The fourth-order valence-electron chi connectivity index (χ4n) is 9.21. The Morgan fingerprint density at radius 3 is 2.00 bits per heavy atom. The number of nitrogens with one attached hydrogen (secondary N) is 4. The summed E-state index contributed by atoms with van der Waals surface area (Å²) >= 11 is 0. The van der Waals surface area contributed by atoms with Crippen molar-refractivity contribution in [2.45, 2.75) is 134 Å². The zero-order valence-corrected chi connectivity index (χ0v) is 36.5. The van der Waals surface area contributed by atoms with Crippen LogP contribution >= 0.6 is 0 Å². The second kappa shape index (κ2) is 22.9. The summed E-state index contributed by atoms with van der Waals surface area (Å²) in [6.07, 6.45) is 15.0. The van der Waals surface area contributed by atoms with Crippen LogP contribution in [-0.2, 0) is 39.9 Å². The van der Waals surface area contributed by atoms with Crippen molar-refractivity contribution < 1.29 is 51.8 Å². The van der Waals surface area contributed by atoms with E-state index < -0.39 is 48.1 Å². The van der Waals surface area contributed by atoms with Gasteiger partial charge in [-0.3, -0.25) is 28.9 Å². The van der Waals surface area contributed by atoms with E-state index >= 15 is 0 Å². The van der Waals surface area contributed by atoms with Gasteiger partial charge in [0.2, 0.25) is 17.7 Å². The third-order valence-corrected chi connectivity index (χ3v) is 12.8. The van der Waals surface area contributed by atoms with Gasteiger partial charge >= 0.3 is 12.1 Å². The highest BCUT2D eigenvalue weighted by Gasteiger charge is 2.39. The minimum absolute atomic E-state index is 0.0706. The molecule has 2 aliphatic heterocycles. The van der Waals surface area contributed by atoms with Crippen molar-refractivity contribution in [1.82, 2.24) is 30.7 Å². The normalized spacial score (nSPS) is 20.9. The number of halogens is 3. The number of piperidine rings is 1. The molecule has 1 aromatic heterocycles. The van der Waals surface area contributed by atoms with Gasteiger partial charge in [0.05, 0.1) is 7.11 Å². The minimum Gasteiger partial charge on any atom is -0.499 e. The predicted molar refractivity (Wildman–Crippen MR) is 230 cm³/mol. The minimum atomic E-state index is -5.08. The number of carboxylic acid groups (broad SMARTS) is 1. The Morgan fingerprint density at radius 1 is 0.873 bits per heavy atom. The molecule has 0 radical (unpaired) electrons. The molecule has 6 rings (SSSR count). The zero-order chi connectivity index (χ0) is 45.7. The summed E-state index contributed by atoms with van der Waals surface area (Å²) in [7, 11) is 3.55. The van der Waals surface area contributed by atoms with Gasteiger partial charge in [-0.25, -0.2) is 4.79 Å². The van der Waals surface area contributed by atoms with Gasteiger partial charge in [0.25, 0.3) is 11.8 Å². The van der Waals surface area contributed by atoms with Gasteiger partial charge < -0.3 is 35.7 Å². The van der Waals surface area contributed by atoms with E-state index in [4.69, 9.17) is 14.6 Å². The van der Waals surface area contributed by atoms with Crippen LogP contribution in [0.15, 0.2) is 54.4 Å². The van der Waals surface area contributed by atoms with Gasteiger partial charge in [-0.15, -0.1) is 0 Å². The molecule has 346 valence electrons. The molecule has 2 saturated carbocycles. The highest BCUT2D eigenvalue weighted by Crippen LogP contribution is 2.31. The third-order valence-electron chi connectivity index (χ3n) is 12.8. The lowest BCUT2D eigenvalue weighted by molar-refractivity contribution is -0.192. The zero-order valence-electron chi connectivity index (χ0n) is 36.5. The SMILES string of the molecule is COC1=CC(=O)N(C(=O)/C=C/[C@H](C)NC(=O)[C@H](CC2CCCCC2)NC(=O)[C@H](CC2CCCCC2)NC(=O)C2CCN(C)CC2)[C@H]1Cc1c[nH]c2ccccc12.O=C(O)C(F)(F)F. The average molecular weight is 885 g/mol. The van der Waals surface area contributed by atoms with Crippen LogP contribution in [0.3, 0.4) is 0 Å². The second-order valence-electron chi connectivity index (χ2n) is 17.5. The molecule has 0 bridgehead atoms. The molecule has 2 aliphatic carbocycles. The maximum absolute atomic E-state index is 14.2.